The minimum Gasteiger partial charge on any atom is -0.493 e. The van der Waals surface area contributed by atoms with Crippen LogP contribution in [0.15, 0.2) is 54.7 Å². The zero-order valence-electron chi connectivity index (χ0n) is 16.4. The Labute approximate surface area is 177 Å². The highest BCUT2D eigenvalue weighted by atomic mass is 19.1. The number of aromatic nitrogens is 1. The predicted octanol–water partition coefficient (Wildman–Crippen LogP) is 5.22. The highest BCUT2D eigenvalue weighted by Crippen LogP contribution is 2.31. The summed E-state index contributed by atoms with van der Waals surface area (Å²) in [5, 5.41) is 8.86. The number of pyridine rings is 1. The fourth-order valence-corrected chi connectivity index (χ4v) is 2.78. The first-order valence-electron chi connectivity index (χ1n) is 9.69. The number of halogens is 2. The molecule has 1 aliphatic carbocycles. The van der Waals surface area contributed by atoms with Gasteiger partial charge in [0.2, 0.25) is 5.88 Å². The molecule has 8 heteroatoms. The lowest BCUT2D eigenvalue weighted by Crippen LogP contribution is -2.04. The van der Waals surface area contributed by atoms with Crippen LogP contribution in [-0.4, -0.2) is 22.7 Å². The Morgan fingerprint density at radius 1 is 1.00 bits per heavy atom. The molecule has 0 amide bonds. The summed E-state index contributed by atoms with van der Waals surface area (Å²) in [6, 6.07) is 11.6. The van der Waals surface area contributed by atoms with E-state index in [1.54, 1.807) is 24.3 Å². The summed E-state index contributed by atoms with van der Waals surface area (Å²) < 4.78 is 45.5. The third-order valence-electron chi connectivity index (χ3n) is 4.69. The Hall–Kier alpha value is -3.68. The molecule has 0 atom stereocenters. The molecule has 1 heterocycles. The fourth-order valence-electron chi connectivity index (χ4n) is 2.78. The molecular weight excluding hydrogens is 408 g/mol. The van der Waals surface area contributed by atoms with E-state index in [-0.39, 0.29) is 22.8 Å². The van der Waals surface area contributed by atoms with Crippen LogP contribution in [-0.2, 0) is 6.61 Å². The molecule has 0 aliphatic heterocycles. The summed E-state index contributed by atoms with van der Waals surface area (Å²) in [6.45, 7) is 0.233. The lowest BCUT2D eigenvalue weighted by atomic mass is 10.2. The molecule has 160 valence electrons. The van der Waals surface area contributed by atoms with Crippen molar-refractivity contribution in [2.24, 2.45) is 5.92 Å². The average molecular weight is 427 g/mol. The average Bonchev–Trinajstić information content (AvgIpc) is 3.57. The molecule has 1 fully saturated rings. The van der Waals surface area contributed by atoms with E-state index in [0.717, 1.165) is 18.3 Å². The second kappa shape index (κ2) is 8.99. The van der Waals surface area contributed by atoms with Crippen LogP contribution in [0.5, 0.6) is 23.1 Å². The maximum atomic E-state index is 14.5. The molecule has 1 aromatic heterocycles. The molecule has 1 aliphatic rings. The number of carboxylic acid groups (broad SMARTS) is 1. The van der Waals surface area contributed by atoms with Gasteiger partial charge in [0.1, 0.15) is 35.5 Å². The minimum absolute atomic E-state index is 0.00188. The number of aromatic carboxylic acids is 1. The zero-order chi connectivity index (χ0) is 21.8. The van der Waals surface area contributed by atoms with Gasteiger partial charge >= 0.3 is 5.97 Å². The van der Waals surface area contributed by atoms with Crippen molar-refractivity contribution in [1.29, 1.82) is 0 Å². The van der Waals surface area contributed by atoms with E-state index in [9.17, 15) is 13.6 Å². The lowest BCUT2D eigenvalue weighted by molar-refractivity contribution is 0.0696. The molecule has 31 heavy (non-hydrogen) atoms. The van der Waals surface area contributed by atoms with Gasteiger partial charge in [0.05, 0.1) is 17.7 Å². The summed E-state index contributed by atoms with van der Waals surface area (Å²) in [6.07, 6.45) is 3.45. The fraction of sp³-hybridized carbons (Fsp3) is 0.217. The minimum atomic E-state index is -1.13. The highest BCUT2D eigenvalue weighted by molar-refractivity contribution is 5.87. The molecular formula is C23H19F2NO5. The third kappa shape index (κ3) is 5.48. The van der Waals surface area contributed by atoms with Gasteiger partial charge in [-0.25, -0.2) is 18.6 Å². The van der Waals surface area contributed by atoms with Gasteiger partial charge in [-0.2, -0.15) is 0 Å². The van der Waals surface area contributed by atoms with Gasteiger partial charge in [0.15, 0.2) is 0 Å². The molecule has 0 saturated heterocycles. The number of carbonyl (C=O) groups is 1. The Morgan fingerprint density at radius 3 is 2.39 bits per heavy atom. The molecule has 4 rings (SSSR count). The number of hydrogen-bond donors (Lipinski definition) is 1. The Morgan fingerprint density at radius 2 is 1.74 bits per heavy atom. The van der Waals surface area contributed by atoms with Crippen LogP contribution in [0, 0.1) is 17.6 Å². The number of nitrogens with zero attached hydrogens (tertiary/aromatic N) is 1. The first-order chi connectivity index (χ1) is 15.0. The SMILES string of the molecule is O=C(O)c1ccc(OCc2c(F)cc(Oc3cccc(OCC4CC4)c3)cc2F)nc1. The van der Waals surface area contributed by atoms with E-state index in [0.29, 0.717) is 24.0 Å². The Kier molecular flexibility index (Phi) is 5.97. The summed E-state index contributed by atoms with van der Waals surface area (Å²) in [4.78, 5) is 14.6. The Bertz CT molecular complexity index is 1060. The van der Waals surface area contributed by atoms with E-state index in [1.165, 1.54) is 25.0 Å². The van der Waals surface area contributed by atoms with E-state index in [2.05, 4.69) is 4.98 Å². The molecule has 0 bridgehead atoms. The standard InChI is InChI=1S/C23H19F2NO5/c24-20-9-18(31-17-3-1-2-16(8-17)29-12-14-4-5-14)10-21(25)19(20)13-30-22-7-6-15(11-26-22)23(27)28/h1-3,6-11,14H,4-5,12-13H2,(H,27,28). The number of carboxylic acids is 1. The largest absolute Gasteiger partial charge is 0.493 e. The van der Waals surface area contributed by atoms with Crippen molar-refractivity contribution in [3.8, 4) is 23.1 Å². The van der Waals surface area contributed by atoms with Crippen LogP contribution < -0.4 is 14.2 Å². The van der Waals surface area contributed by atoms with Crippen LogP contribution in [0.25, 0.3) is 0 Å². The van der Waals surface area contributed by atoms with E-state index in [4.69, 9.17) is 19.3 Å². The predicted molar refractivity (Wildman–Crippen MR) is 107 cm³/mol. The first-order valence-corrected chi connectivity index (χ1v) is 9.69. The van der Waals surface area contributed by atoms with Crippen LogP contribution in [0.2, 0.25) is 0 Å². The number of hydrogen-bond acceptors (Lipinski definition) is 5. The molecule has 0 unspecified atom stereocenters. The smallest absolute Gasteiger partial charge is 0.337 e. The van der Waals surface area contributed by atoms with Crippen molar-refractivity contribution < 1.29 is 32.9 Å². The second-order valence-corrected chi connectivity index (χ2v) is 7.18. The molecule has 0 spiro atoms. The van der Waals surface area contributed by atoms with Crippen molar-refractivity contribution in [3.05, 3.63) is 77.5 Å². The van der Waals surface area contributed by atoms with Crippen molar-refractivity contribution in [2.75, 3.05) is 6.61 Å². The van der Waals surface area contributed by atoms with Gasteiger partial charge in [-0.3, -0.25) is 0 Å². The molecule has 1 saturated carbocycles. The van der Waals surface area contributed by atoms with Gasteiger partial charge in [0, 0.05) is 30.5 Å². The van der Waals surface area contributed by atoms with Crippen LogP contribution in [0.1, 0.15) is 28.8 Å². The maximum Gasteiger partial charge on any atom is 0.337 e. The normalized spacial score (nSPS) is 13.0. The lowest BCUT2D eigenvalue weighted by Gasteiger charge is -2.12. The van der Waals surface area contributed by atoms with Crippen molar-refractivity contribution >= 4 is 5.97 Å². The highest BCUT2D eigenvalue weighted by Gasteiger charge is 2.22. The molecule has 1 N–H and O–H groups in total. The van der Waals surface area contributed by atoms with Crippen LogP contribution >= 0.6 is 0 Å². The third-order valence-corrected chi connectivity index (χ3v) is 4.69. The number of ether oxygens (including phenoxy) is 3. The zero-order valence-corrected chi connectivity index (χ0v) is 16.4. The van der Waals surface area contributed by atoms with Crippen molar-refractivity contribution in [1.82, 2.24) is 4.98 Å². The molecule has 0 radical (unpaired) electrons. The maximum absolute atomic E-state index is 14.5. The van der Waals surface area contributed by atoms with E-state index in [1.807, 2.05) is 0 Å². The summed E-state index contributed by atoms with van der Waals surface area (Å²) in [7, 11) is 0. The van der Waals surface area contributed by atoms with Gasteiger partial charge in [-0.15, -0.1) is 0 Å². The van der Waals surface area contributed by atoms with E-state index >= 15 is 0 Å². The second-order valence-electron chi connectivity index (χ2n) is 7.18. The topological polar surface area (TPSA) is 77.9 Å². The summed E-state index contributed by atoms with van der Waals surface area (Å²) in [5.41, 5.74) is -0.314. The molecule has 6 nitrogen and oxygen atoms in total. The van der Waals surface area contributed by atoms with Crippen LogP contribution in [0.3, 0.4) is 0 Å². The number of benzene rings is 2. The van der Waals surface area contributed by atoms with Gasteiger partial charge in [0.25, 0.3) is 0 Å². The monoisotopic (exact) mass is 427 g/mol. The van der Waals surface area contributed by atoms with Gasteiger partial charge in [-0.1, -0.05) is 6.07 Å². The van der Waals surface area contributed by atoms with Crippen LogP contribution in [0.4, 0.5) is 8.78 Å². The van der Waals surface area contributed by atoms with Gasteiger partial charge < -0.3 is 19.3 Å². The quantitative estimate of drug-likeness (QED) is 0.505. The summed E-state index contributed by atoms with van der Waals surface area (Å²) >= 11 is 0. The molecule has 3 aromatic rings. The van der Waals surface area contributed by atoms with E-state index < -0.39 is 24.2 Å². The molecule has 2 aromatic carbocycles. The Balaban J connectivity index is 1.40. The van der Waals surface area contributed by atoms with Crippen molar-refractivity contribution in [3.63, 3.8) is 0 Å². The summed E-state index contributed by atoms with van der Waals surface area (Å²) in [5.74, 6) is -1.11. The van der Waals surface area contributed by atoms with Crippen molar-refractivity contribution in [2.45, 2.75) is 19.4 Å². The first kappa shape index (κ1) is 20.6. The number of rotatable bonds is 9. The van der Waals surface area contributed by atoms with Gasteiger partial charge in [-0.05, 0) is 37.0 Å².